The molecular weight excluding hydrogens is 342 g/mol. The summed E-state index contributed by atoms with van der Waals surface area (Å²) in [7, 11) is 0. The number of hydrogen-bond donors (Lipinski definition) is 2. The van der Waals surface area contributed by atoms with Crippen LogP contribution >= 0.6 is 0 Å². The van der Waals surface area contributed by atoms with Gasteiger partial charge < -0.3 is 15.0 Å². The number of phenols is 1. The third-order valence-corrected chi connectivity index (χ3v) is 5.70. The summed E-state index contributed by atoms with van der Waals surface area (Å²) in [5, 5.41) is 21.7. The van der Waals surface area contributed by atoms with Crippen molar-refractivity contribution in [3.05, 3.63) is 41.5 Å². The van der Waals surface area contributed by atoms with Crippen LogP contribution in [0.5, 0.6) is 5.75 Å². The molecule has 1 aliphatic heterocycles. The SMILES string of the molecule is O=C(NCCc1nnc2n1CCN(Cc1ccccc1O)CC2)C1CCC1. The number of fused-ring (bicyclic) bond motifs is 1. The first-order valence-corrected chi connectivity index (χ1v) is 9.88. The zero-order valence-electron chi connectivity index (χ0n) is 15.6. The number of aromatic nitrogens is 3. The van der Waals surface area contributed by atoms with Gasteiger partial charge in [-0.2, -0.15) is 0 Å². The number of carbonyl (C=O) groups excluding carboxylic acids is 1. The summed E-state index contributed by atoms with van der Waals surface area (Å²) in [5.41, 5.74) is 0.953. The highest BCUT2D eigenvalue weighted by Gasteiger charge is 2.25. The molecule has 144 valence electrons. The molecule has 2 N–H and O–H groups in total. The normalized spacial score (nSPS) is 17.8. The first kappa shape index (κ1) is 18.0. The summed E-state index contributed by atoms with van der Waals surface area (Å²) in [5.74, 6) is 2.72. The van der Waals surface area contributed by atoms with Crippen LogP contribution in [0.4, 0.5) is 0 Å². The molecule has 1 fully saturated rings. The van der Waals surface area contributed by atoms with E-state index in [-0.39, 0.29) is 11.8 Å². The standard InChI is InChI=1S/C20H27N5O2/c26-17-7-2-1-4-16(17)14-24-11-9-19-23-22-18(25(19)13-12-24)8-10-21-20(27)15-5-3-6-15/h1-2,4,7,15,26H,3,5-6,8-14H2,(H,21,27). The number of phenolic OH excluding ortho intramolecular Hbond substituents is 1. The van der Waals surface area contributed by atoms with Crippen LogP contribution in [0.25, 0.3) is 0 Å². The van der Waals surface area contributed by atoms with Gasteiger partial charge in [0.2, 0.25) is 5.91 Å². The number of carbonyl (C=O) groups is 1. The van der Waals surface area contributed by atoms with Crippen LogP contribution in [0.1, 0.15) is 36.5 Å². The van der Waals surface area contributed by atoms with Gasteiger partial charge in [0.05, 0.1) is 0 Å². The Kier molecular flexibility index (Phi) is 5.38. The molecule has 0 atom stereocenters. The summed E-state index contributed by atoms with van der Waals surface area (Å²) in [6, 6.07) is 7.51. The van der Waals surface area contributed by atoms with E-state index in [0.717, 1.165) is 62.7 Å². The summed E-state index contributed by atoms with van der Waals surface area (Å²) in [6.45, 7) is 3.97. The average Bonchev–Trinajstić information content (AvgIpc) is 2.88. The molecule has 2 heterocycles. The van der Waals surface area contributed by atoms with E-state index >= 15 is 0 Å². The van der Waals surface area contributed by atoms with Crippen molar-refractivity contribution in [1.29, 1.82) is 0 Å². The quantitative estimate of drug-likeness (QED) is 0.806. The Hall–Kier alpha value is -2.41. The van der Waals surface area contributed by atoms with Gasteiger partial charge in [-0.15, -0.1) is 10.2 Å². The zero-order valence-corrected chi connectivity index (χ0v) is 15.6. The molecular formula is C20H27N5O2. The maximum atomic E-state index is 12.0. The molecule has 2 aliphatic rings. The van der Waals surface area contributed by atoms with Crippen molar-refractivity contribution < 1.29 is 9.90 Å². The van der Waals surface area contributed by atoms with Crippen molar-refractivity contribution in [2.24, 2.45) is 5.92 Å². The van der Waals surface area contributed by atoms with E-state index in [0.29, 0.717) is 18.7 Å². The number of nitrogens with zero attached hydrogens (tertiary/aromatic N) is 4. The van der Waals surface area contributed by atoms with Crippen molar-refractivity contribution in [2.75, 3.05) is 19.6 Å². The number of benzene rings is 1. The lowest BCUT2D eigenvalue weighted by Crippen LogP contribution is -2.35. The predicted molar refractivity (Wildman–Crippen MR) is 101 cm³/mol. The summed E-state index contributed by atoms with van der Waals surface area (Å²) in [6.07, 6.45) is 4.78. The van der Waals surface area contributed by atoms with Crippen LogP contribution < -0.4 is 5.32 Å². The van der Waals surface area contributed by atoms with E-state index in [2.05, 4.69) is 25.0 Å². The molecule has 1 saturated carbocycles. The maximum Gasteiger partial charge on any atom is 0.223 e. The first-order valence-electron chi connectivity index (χ1n) is 9.88. The molecule has 0 radical (unpaired) electrons. The van der Waals surface area contributed by atoms with Gasteiger partial charge in [-0.1, -0.05) is 24.6 Å². The molecule has 1 aromatic carbocycles. The molecule has 0 spiro atoms. The van der Waals surface area contributed by atoms with Gasteiger partial charge in [-0.3, -0.25) is 9.69 Å². The third-order valence-electron chi connectivity index (χ3n) is 5.70. The van der Waals surface area contributed by atoms with E-state index in [1.807, 2.05) is 18.2 Å². The topological polar surface area (TPSA) is 83.3 Å². The Morgan fingerprint density at radius 2 is 2.04 bits per heavy atom. The molecule has 1 aliphatic carbocycles. The van der Waals surface area contributed by atoms with Gasteiger partial charge in [0.25, 0.3) is 0 Å². The van der Waals surface area contributed by atoms with E-state index in [1.54, 1.807) is 6.07 Å². The van der Waals surface area contributed by atoms with E-state index in [9.17, 15) is 9.90 Å². The van der Waals surface area contributed by atoms with E-state index < -0.39 is 0 Å². The monoisotopic (exact) mass is 369 g/mol. The Morgan fingerprint density at radius 1 is 1.19 bits per heavy atom. The minimum absolute atomic E-state index is 0.186. The second-order valence-electron chi connectivity index (χ2n) is 7.51. The predicted octanol–water partition coefficient (Wildman–Crippen LogP) is 1.50. The number of aromatic hydroxyl groups is 1. The highest BCUT2D eigenvalue weighted by Crippen LogP contribution is 2.26. The molecule has 1 aromatic heterocycles. The van der Waals surface area contributed by atoms with Crippen molar-refractivity contribution in [3.63, 3.8) is 0 Å². The van der Waals surface area contributed by atoms with Crippen molar-refractivity contribution in [3.8, 4) is 5.75 Å². The third kappa shape index (κ3) is 4.13. The van der Waals surface area contributed by atoms with Gasteiger partial charge in [0, 0.05) is 57.0 Å². The first-order chi connectivity index (χ1) is 13.2. The van der Waals surface area contributed by atoms with Crippen LogP contribution in [-0.2, 0) is 30.7 Å². The van der Waals surface area contributed by atoms with E-state index in [1.165, 1.54) is 6.42 Å². The fourth-order valence-corrected chi connectivity index (χ4v) is 3.77. The Bertz CT molecular complexity index is 799. The number of amides is 1. The minimum Gasteiger partial charge on any atom is -0.508 e. The molecule has 27 heavy (non-hydrogen) atoms. The smallest absolute Gasteiger partial charge is 0.223 e. The molecule has 0 unspecified atom stereocenters. The average molecular weight is 369 g/mol. The number of para-hydroxylation sites is 1. The van der Waals surface area contributed by atoms with Crippen LogP contribution in [0.3, 0.4) is 0 Å². The van der Waals surface area contributed by atoms with Gasteiger partial charge in [-0.25, -0.2) is 0 Å². The van der Waals surface area contributed by atoms with Gasteiger partial charge in [0.15, 0.2) is 0 Å². The van der Waals surface area contributed by atoms with Gasteiger partial charge in [0.1, 0.15) is 17.4 Å². The number of nitrogens with one attached hydrogen (secondary N) is 1. The molecule has 7 heteroatoms. The molecule has 2 aromatic rings. The van der Waals surface area contributed by atoms with Crippen molar-refractivity contribution in [2.45, 2.75) is 45.2 Å². The maximum absolute atomic E-state index is 12.0. The zero-order chi connectivity index (χ0) is 18.6. The van der Waals surface area contributed by atoms with E-state index in [4.69, 9.17) is 0 Å². The highest BCUT2D eigenvalue weighted by molar-refractivity contribution is 5.79. The summed E-state index contributed by atoms with van der Waals surface area (Å²) >= 11 is 0. The Balaban J connectivity index is 1.32. The summed E-state index contributed by atoms with van der Waals surface area (Å²) < 4.78 is 2.19. The van der Waals surface area contributed by atoms with Crippen molar-refractivity contribution >= 4 is 5.91 Å². The van der Waals surface area contributed by atoms with Gasteiger partial charge in [-0.05, 0) is 18.9 Å². The minimum atomic E-state index is 0.186. The van der Waals surface area contributed by atoms with Crippen molar-refractivity contribution in [1.82, 2.24) is 25.0 Å². The molecule has 1 amide bonds. The molecule has 0 bridgehead atoms. The lowest BCUT2D eigenvalue weighted by Gasteiger charge is -2.24. The molecule has 4 rings (SSSR count). The lowest BCUT2D eigenvalue weighted by molar-refractivity contribution is -0.127. The van der Waals surface area contributed by atoms with Gasteiger partial charge >= 0.3 is 0 Å². The van der Waals surface area contributed by atoms with Crippen LogP contribution in [0.2, 0.25) is 0 Å². The van der Waals surface area contributed by atoms with Crippen LogP contribution in [0.15, 0.2) is 24.3 Å². The number of rotatable bonds is 6. The lowest BCUT2D eigenvalue weighted by atomic mass is 9.85. The molecule has 7 nitrogen and oxygen atoms in total. The number of hydrogen-bond acceptors (Lipinski definition) is 5. The Morgan fingerprint density at radius 3 is 2.81 bits per heavy atom. The largest absolute Gasteiger partial charge is 0.508 e. The van der Waals surface area contributed by atoms with Crippen LogP contribution in [-0.4, -0.2) is 50.3 Å². The highest BCUT2D eigenvalue weighted by atomic mass is 16.3. The second-order valence-corrected chi connectivity index (χ2v) is 7.51. The second kappa shape index (κ2) is 8.08. The van der Waals surface area contributed by atoms with Crippen LogP contribution in [0, 0.1) is 5.92 Å². The molecule has 0 saturated heterocycles. The Labute approximate surface area is 159 Å². The summed E-state index contributed by atoms with van der Waals surface area (Å²) in [4.78, 5) is 14.3. The fourth-order valence-electron chi connectivity index (χ4n) is 3.77. The fraction of sp³-hybridized carbons (Fsp3) is 0.550.